The Morgan fingerprint density at radius 1 is 0.926 bits per heavy atom. The van der Waals surface area contributed by atoms with Crippen molar-refractivity contribution < 1.29 is 44.2 Å². The zero-order chi connectivity index (χ0) is 20.3. The van der Waals surface area contributed by atoms with Gasteiger partial charge in [0, 0.05) is 18.2 Å². The third-order valence-electron chi connectivity index (χ3n) is 2.70. The minimum atomic E-state index is -4.69. The Bertz CT molecular complexity index is 826. The van der Waals surface area contributed by atoms with Crippen molar-refractivity contribution in [3.63, 3.8) is 0 Å². The second kappa shape index (κ2) is 7.84. The molecular formula is C14H11F6NO4S2. The van der Waals surface area contributed by atoms with Crippen molar-refractivity contribution in [2.45, 2.75) is 16.6 Å². The number of halogens is 6. The van der Waals surface area contributed by atoms with E-state index in [0.717, 1.165) is 29.5 Å². The van der Waals surface area contributed by atoms with Gasteiger partial charge in [0.05, 0.1) is 5.69 Å². The van der Waals surface area contributed by atoms with Gasteiger partial charge >= 0.3 is 12.4 Å². The molecule has 0 unspecified atom stereocenters. The molecule has 1 heterocycles. The Morgan fingerprint density at radius 2 is 1.44 bits per heavy atom. The van der Waals surface area contributed by atoms with E-state index in [0.29, 0.717) is 0 Å². The van der Waals surface area contributed by atoms with Gasteiger partial charge in [0.15, 0.2) is 13.2 Å². The third kappa shape index (κ3) is 7.17. The van der Waals surface area contributed by atoms with E-state index in [1.165, 1.54) is 17.5 Å². The van der Waals surface area contributed by atoms with E-state index in [1.807, 2.05) is 0 Å². The Hall–Kier alpha value is -2.15. The van der Waals surface area contributed by atoms with Gasteiger partial charge in [0.1, 0.15) is 15.7 Å². The second-order valence-corrected chi connectivity index (χ2v) is 7.90. The lowest BCUT2D eigenvalue weighted by Crippen LogP contribution is -2.20. The highest BCUT2D eigenvalue weighted by Crippen LogP contribution is 2.31. The maximum Gasteiger partial charge on any atom is 0.422 e. The number of hydrogen-bond acceptors (Lipinski definition) is 5. The summed E-state index contributed by atoms with van der Waals surface area (Å²) in [6.45, 7) is -3.43. The molecule has 0 saturated heterocycles. The standard InChI is InChI=1S/C14H11F6NO4S2/c15-13(16,17)7-24-10-4-9(5-11(6-10)25-8-14(18,19)20)21-27(22,23)12-2-1-3-26-12/h1-6,21H,7-8H2. The van der Waals surface area contributed by atoms with Gasteiger partial charge in [-0.2, -0.15) is 26.3 Å². The molecule has 27 heavy (non-hydrogen) atoms. The van der Waals surface area contributed by atoms with Gasteiger partial charge in [-0.1, -0.05) is 6.07 Å². The monoisotopic (exact) mass is 435 g/mol. The topological polar surface area (TPSA) is 64.6 Å². The van der Waals surface area contributed by atoms with Gasteiger partial charge in [-0.05, 0) is 11.4 Å². The van der Waals surface area contributed by atoms with Crippen LogP contribution in [0.4, 0.5) is 32.0 Å². The van der Waals surface area contributed by atoms with E-state index >= 15 is 0 Å². The molecule has 0 atom stereocenters. The smallest absolute Gasteiger partial charge is 0.422 e. The van der Waals surface area contributed by atoms with Gasteiger partial charge in [0.25, 0.3) is 10.0 Å². The van der Waals surface area contributed by atoms with Gasteiger partial charge in [0.2, 0.25) is 0 Å². The highest BCUT2D eigenvalue weighted by Gasteiger charge is 2.30. The average molecular weight is 435 g/mol. The SMILES string of the molecule is O=S(=O)(Nc1cc(OCC(F)(F)F)cc(OCC(F)(F)F)c1)c1cccs1. The first kappa shape index (κ1) is 21.2. The van der Waals surface area contributed by atoms with Crippen molar-refractivity contribution in [2.75, 3.05) is 17.9 Å². The molecule has 13 heteroatoms. The predicted octanol–water partition coefficient (Wildman–Crippen LogP) is 4.43. The number of anilines is 1. The number of sulfonamides is 1. The minimum Gasteiger partial charge on any atom is -0.484 e. The van der Waals surface area contributed by atoms with Crippen LogP contribution in [0.3, 0.4) is 0 Å². The number of benzene rings is 1. The average Bonchev–Trinajstić information content (AvgIpc) is 3.04. The summed E-state index contributed by atoms with van der Waals surface area (Å²) in [6, 6.07) is 5.33. The molecule has 0 amide bonds. The van der Waals surface area contributed by atoms with Crippen molar-refractivity contribution in [1.82, 2.24) is 0 Å². The van der Waals surface area contributed by atoms with Crippen molar-refractivity contribution in [1.29, 1.82) is 0 Å². The van der Waals surface area contributed by atoms with Gasteiger partial charge in [-0.15, -0.1) is 11.3 Å². The van der Waals surface area contributed by atoms with Crippen LogP contribution in [0.25, 0.3) is 0 Å². The highest BCUT2D eigenvalue weighted by molar-refractivity contribution is 7.94. The molecule has 0 saturated carbocycles. The van der Waals surface area contributed by atoms with Gasteiger partial charge < -0.3 is 9.47 Å². The summed E-state index contributed by atoms with van der Waals surface area (Å²) in [5.74, 6) is -1.04. The second-order valence-electron chi connectivity index (χ2n) is 5.04. The molecule has 1 N–H and O–H groups in total. The summed E-state index contributed by atoms with van der Waals surface area (Å²) in [4.78, 5) is 0. The molecule has 0 spiro atoms. The maximum atomic E-state index is 12.3. The molecule has 0 radical (unpaired) electrons. The fraction of sp³-hybridized carbons (Fsp3) is 0.286. The number of rotatable bonds is 7. The first-order valence-corrected chi connectivity index (χ1v) is 9.31. The molecule has 2 rings (SSSR count). The number of thiophene rings is 1. The van der Waals surface area contributed by atoms with E-state index < -0.39 is 47.1 Å². The van der Waals surface area contributed by atoms with Gasteiger partial charge in [-0.3, -0.25) is 4.72 Å². The van der Waals surface area contributed by atoms with E-state index in [9.17, 15) is 34.8 Å². The molecule has 5 nitrogen and oxygen atoms in total. The lowest BCUT2D eigenvalue weighted by atomic mass is 10.3. The first-order chi connectivity index (χ1) is 12.3. The molecule has 0 aliphatic rings. The van der Waals surface area contributed by atoms with E-state index in [-0.39, 0.29) is 9.90 Å². The quantitative estimate of drug-likeness (QED) is 0.654. The van der Waals surface area contributed by atoms with Crippen LogP contribution in [-0.2, 0) is 10.0 Å². The molecule has 2 aromatic rings. The lowest BCUT2D eigenvalue weighted by Gasteiger charge is -2.15. The summed E-state index contributed by atoms with van der Waals surface area (Å²) in [6.07, 6.45) is -9.39. The van der Waals surface area contributed by atoms with Crippen molar-refractivity contribution >= 4 is 27.0 Å². The summed E-state index contributed by atoms with van der Waals surface area (Å²) in [5, 5.41) is 1.48. The number of ether oxygens (including phenoxy) is 2. The predicted molar refractivity (Wildman–Crippen MR) is 84.7 cm³/mol. The first-order valence-electron chi connectivity index (χ1n) is 6.95. The summed E-state index contributed by atoms with van der Waals surface area (Å²) in [7, 11) is -4.08. The van der Waals surface area contributed by atoms with Crippen molar-refractivity contribution in [2.24, 2.45) is 0 Å². The Morgan fingerprint density at radius 3 is 1.85 bits per heavy atom. The molecule has 0 bridgehead atoms. The van der Waals surface area contributed by atoms with Gasteiger partial charge in [-0.25, -0.2) is 8.42 Å². The normalized spacial score (nSPS) is 12.7. The number of hydrogen-bond donors (Lipinski definition) is 1. The third-order valence-corrected chi connectivity index (χ3v) is 5.48. The summed E-state index contributed by atoms with van der Waals surface area (Å²) in [5.41, 5.74) is -0.319. The largest absolute Gasteiger partial charge is 0.484 e. The highest BCUT2D eigenvalue weighted by atomic mass is 32.2. The molecular weight excluding hydrogens is 424 g/mol. The van der Waals surface area contributed by atoms with Crippen molar-refractivity contribution in [3.8, 4) is 11.5 Å². The Balaban J connectivity index is 2.28. The minimum absolute atomic E-state index is 0.0955. The van der Waals surface area contributed by atoms with Crippen LogP contribution in [0, 0.1) is 0 Å². The van der Waals surface area contributed by atoms with Crippen LogP contribution in [0.2, 0.25) is 0 Å². The fourth-order valence-electron chi connectivity index (χ4n) is 1.75. The molecule has 1 aromatic heterocycles. The molecule has 0 fully saturated rings. The Kier molecular flexibility index (Phi) is 6.14. The van der Waals surface area contributed by atoms with Crippen LogP contribution in [0.1, 0.15) is 0 Å². The van der Waals surface area contributed by atoms with Crippen LogP contribution in [0.5, 0.6) is 11.5 Å². The van der Waals surface area contributed by atoms with E-state index in [2.05, 4.69) is 14.2 Å². The number of nitrogens with one attached hydrogen (secondary N) is 1. The van der Waals surface area contributed by atoms with Crippen LogP contribution >= 0.6 is 11.3 Å². The van der Waals surface area contributed by atoms with Crippen LogP contribution < -0.4 is 14.2 Å². The van der Waals surface area contributed by atoms with Crippen LogP contribution in [-0.4, -0.2) is 34.0 Å². The fourth-order valence-corrected chi connectivity index (χ4v) is 3.78. The molecule has 0 aliphatic heterocycles. The molecule has 150 valence electrons. The lowest BCUT2D eigenvalue weighted by molar-refractivity contribution is -0.153. The van der Waals surface area contributed by atoms with E-state index in [4.69, 9.17) is 0 Å². The van der Waals surface area contributed by atoms with Crippen LogP contribution in [0.15, 0.2) is 39.9 Å². The summed E-state index contributed by atoms with van der Waals surface area (Å²) < 4.78 is 109. The van der Waals surface area contributed by atoms with E-state index in [1.54, 1.807) is 0 Å². The molecule has 1 aromatic carbocycles. The zero-order valence-electron chi connectivity index (χ0n) is 13.1. The maximum absolute atomic E-state index is 12.3. The Labute approximate surface area is 153 Å². The number of alkyl halides is 6. The summed E-state index contributed by atoms with van der Waals surface area (Å²) >= 11 is 0.874. The zero-order valence-corrected chi connectivity index (χ0v) is 14.7. The van der Waals surface area contributed by atoms with Crippen molar-refractivity contribution in [3.05, 3.63) is 35.7 Å². The molecule has 0 aliphatic carbocycles.